The Morgan fingerprint density at radius 1 is 1.28 bits per heavy atom. The maximum Gasteiger partial charge on any atom is 0.416 e. The molecular formula is C13H16F3NS. The summed E-state index contributed by atoms with van der Waals surface area (Å²) in [5.74, 6) is 0. The third-order valence-corrected chi connectivity index (χ3v) is 4.74. The standard InChI is InChI=1S/C13H16F3NS/c1-18-12(6-7-12)9-17-8-10-4-2-3-5-11(10)13(14,15)16/h2-5,17H,6-9H2,1H3. The van der Waals surface area contributed by atoms with Crippen molar-refractivity contribution < 1.29 is 13.2 Å². The minimum Gasteiger partial charge on any atom is -0.311 e. The summed E-state index contributed by atoms with van der Waals surface area (Å²) in [7, 11) is 0. The van der Waals surface area contributed by atoms with Gasteiger partial charge in [-0.3, -0.25) is 0 Å². The summed E-state index contributed by atoms with van der Waals surface area (Å²) >= 11 is 1.80. The number of benzene rings is 1. The van der Waals surface area contributed by atoms with Crippen LogP contribution in [0.4, 0.5) is 13.2 Å². The van der Waals surface area contributed by atoms with E-state index in [1.165, 1.54) is 12.1 Å². The summed E-state index contributed by atoms with van der Waals surface area (Å²) < 4.78 is 38.5. The Morgan fingerprint density at radius 2 is 1.94 bits per heavy atom. The normalized spacial score (nSPS) is 17.8. The molecule has 100 valence electrons. The van der Waals surface area contributed by atoms with E-state index in [9.17, 15) is 13.2 Å². The van der Waals surface area contributed by atoms with Gasteiger partial charge in [0.15, 0.2) is 0 Å². The molecule has 0 aromatic heterocycles. The predicted octanol–water partition coefficient (Wildman–Crippen LogP) is 3.69. The van der Waals surface area contributed by atoms with Crippen LogP contribution in [0, 0.1) is 0 Å². The average Bonchev–Trinajstić information content (AvgIpc) is 3.09. The summed E-state index contributed by atoms with van der Waals surface area (Å²) in [6, 6.07) is 5.75. The first kappa shape index (κ1) is 13.7. The first-order valence-electron chi connectivity index (χ1n) is 5.88. The van der Waals surface area contributed by atoms with Gasteiger partial charge in [-0.25, -0.2) is 0 Å². The lowest BCUT2D eigenvalue weighted by atomic mass is 10.1. The van der Waals surface area contributed by atoms with Gasteiger partial charge in [0.25, 0.3) is 0 Å². The molecular weight excluding hydrogens is 259 g/mol. The topological polar surface area (TPSA) is 12.0 Å². The fraction of sp³-hybridized carbons (Fsp3) is 0.538. The third kappa shape index (κ3) is 3.20. The zero-order valence-corrected chi connectivity index (χ0v) is 11.0. The molecule has 0 atom stereocenters. The lowest BCUT2D eigenvalue weighted by Gasteiger charge is -2.16. The van der Waals surface area contributed by atoms with Crippen LogP contribution in [0.3, 0.4) is 0 Å². The number of hydrogen-bond acceptors (Lipinski definition) is 2. The number of alkyl halides is 3. The molecule has 5 heteroatoms. The third-order valence-electron chi connectivity index (χ3n) is 3.33. The molecule has 1 N–H and O–H groups in total. The van der Waals surface area contributed by atoms with Gasteiger partial charge in [0.2, 0.25) is 0 Å². The molecule has 1 aromatic carbocycles. The van der Waals surface area contributed by atoms with Crippen molar-refractivity contribution in [3.05, 3.63) is 35.4 Å². The quantitative estimate of drug-likeness (QED) is 0.879. The molecule has 0 aliphatic heterocycles. The Morgan fingerprint density at radius 3 is 2.50 bits per heavy atom. The van der Waals surface area contributed by atoms with Crippen LogP contribution in [0.5, 0.6) is 0 Å². The molecule has 1 aromatic rings. The number of hydrogen-bond donors (Lipinski definition) is 1. The molecule has 0 spiro atoms. The molecule has 1 fully saturated rings. The minimum atomic E-state index is -4.27. The summed E-state index contributed by atoms with van der Waals surface area (Å²) in [6.45, 7) is 1.05. The van der Waals surface area contributed by atoms with Crippen LogP contribution in [-0.4, -0.2) is 17.5 Å². The van der Waals surface area contributed by atoms with Crippen LogP contribution >= 0.6 is 11.8 Å². The van der Waals surface area contributed by atoms with Gasteiger partial charge in [-0.2, -0.15) is 24.9 Å². The molecule has 0 bridgehead atoms. The highest BCUT2D eigenvalue weighted by Gasteiger charge is 2.41. The van der Waals surface area contributed by atoms with Gasteiger partial charge >= 0.3 is 6.18 Å². The van der Waals surface area contributed by atoms with E-state index in [-0.39, 0.29) is 11.3 Å². The highest BCUT2D eigenvalue weighted by Crippen LogP contribution is 2.46. The molecule has 2 rings (SSSR count). The van der Waals surface area contributed by atoms with Crippen LogP contribution in [0.15, 0.2) is 24.3 Å². The maximum atomic E-state index is 12.8. The van der Waals surface area contributed by atoms with E-state index in [1.54, 1.807) is 17.8 Å². The van der Waals surface area contributed by atoms with Crippen LogP contribution in [0.2, 0.25) is 0 Å². The zero-order valence-electron chi connectivity index (χ0n) is 10.2. The average molecular weight is 275 g/mol. The Kier molecular flexibility index (Phi) is 3.92. The van der Waals surface area contributed by atoms with E-state index >= 15 is 0 Å². The van der Waals surface area contributed by atoms with Crippen LogP contribution in [-0.2, 0) is 12.7 Å². The van der Waals surface area contributed by atoms with Crippen molar-refractivity contribution in [2.24, 2.45) is 0 Å². The van der Waals surface area contributed by atoms with E-state index in [2.05, 4.69) is 11.6 Å². The van der Waals surface area contributed by atoms with Crippen molar-refractivity contribution in [1.82, 2.24) is 5.32 Å². The largest absolute Gasteiger partial charge is 0.416 e. The summed E-state index contributed by atoms with van der Waals surface area (Å²) in [4.78, 5) is 0. The summed E-state index contributed by atoms with van der Waals surface area (Å²) in [6.07, 6.45) is 0.0948. The van der Waals surface area contributed by atoms with Gasteiger partial charge in [0.05, 0.1) is 5.56 Å². The highest BCUT2D eigenvalue weighted by molar-refractivity contribution is 8.00. The van der Waals surface area contributed by atoms with Gasteiger partial charge in [-0.1, -0.05) is 18.2 Å². The second-order valence-corrected chi connectivity index (χ2v) is 5.92. The van der Waals surface area contributed by atoms with Gasteiger partial charge in [0, 0.05) is 17.8 Å². The first-order chi connectivity index (χ1) is 8.47. The Bertz CT molecular complexity index is 413. The fourth-order valence-electron chi connectivity index (χ4n) is 1.97. The summed E-state index contributed by atoms with van der Waals surface area (Å²) in [5, 5.41) is 3.15. The van der Waals surface area contributed by atoms with Gasteiger partial charge in [-0.05, 0) is 30.7 Å². The monoisotopic (exact) mass is 275 g/mol. The fourth-order valence-corrected chi connectivity index (χ4v) is 2.73. The van der Waals surface area contributed by atoms with Crippen molar-refractivity contribution >= 4 is 11.8 Å². The van der Waals surface area contributed by atoms with Crippen molar-refractivity contribution in [2.75, 3.05) is 12.8 Å². The molecule has 1 aliphatic carbocycles. The number of rotatable bonds is 5. The van der Waals surface area contributed by atoms with Crippen LogP contribution < -0.4 is 5.32 Å². The summed E-state index contributed by atoms with van der Waals surface area (Å²) in [5.41, 5.74) is -0.214. The van der Waals surface area contributed by atoms with E-state index in [0.29, 0.717) is 5.56 Å². The maximum absolute atomic E-state index is 12.8. The molecule has 0 heterocycles. The molecule has 0 amide bonds. The van der Waals surface area contributed by atoms with Crippen molar-refractivity contribution in [3.63, 3.8) is 0 Å². The SMILES string of the molecule is CSC1(CNCc2ccccc2C(F)(F)F)CC1. The second kappa shape index (κ2) is 5.13. The number of thioether (sulfide) groups is 1. The smallest absolute Gasteiger partial charge is 0.311 e. The van der Waals surface area contributed by atoms with E-state index in [1.807, 2.05) is 0 Å². The molecule has 0 unspecified atom stereocenters. The van der Waals surface area contributed by atoms with Crippen molar-refractivity contribution in [2.45, 2.75) is 30.3 Å². The molecule has 1 nitrogen and oxygen atoms in total. The Labute approximate surface area is 109 Å². The number of halogens is 3. The predicted molar refractivity (Wildman–Crippen MR) is 68.6 cm³/mol. The Hall–Kier alpha value is -0.680. The van der Waals surface area contributed by atoms with E-state index in [0.717, 1.165) is 25.5 Å². The number of nitrogens with one attached hydrogen (secondary N) is 1. The van der Waals surface area contributed by atoms with Gasteiger partial charge < -0.3 is 5.32 Å². The van der Waals surface area contributed by atoms with Crippen molar-refractivity contribution in [1.29, 1.82) is 0 Å². The lowest BCUT2D eigenvalue weighted by Crippen LogP contribution is -2.26. The molecule has 0 saturated heterocycles. The highest BCUT2D eigenvalue weighted by atomic mass is 32.2. The van der Waals surface area contributed by atoms with Crippen LogP contribution in [0.1, 0.15) is 24.0 Å². The van der Waals surface area contributed by atoms with Gasteiger partial charge in [0.1, 0.15) is 0 Å². The Balaban J connectivity index is 1.97. The minimum absolute atomic E-state index is 0.271. The lowest BCUT2D eigenvalue weighted by molar-refractivity contribution is -0.138. The van der Waals surface area contributed by atoms with Crippen LogP contribution in [0.25, 0.3) is 0 Å². The van der Waals surface area contributed by atoms with Gasteiger partial charge in [-0.15, -0.1) is 0 Å². The molecule has 0 radical (unpaired) electrons. The van der Waals surface area contributed by atoms with E-state index < -0.39 is 11.7 Å². The second-order valence-electron chi connectivity index (χ2n) is 4.65. The molecule has 18 heavy (non-hydrogen) atoms. The van der Waals surface area contributed by atoms with E-state index in [4.69, 9.17) is 0 Å². The van der Waals surface area contributed by atoms with Crippen molar-refractivity contribution in [3.8, 4) is 0 Å². The zero-order chi connectivity index (χ0) is 13.2. The molecule has 1 aliphatic rings. The molecule has 1 saturated carbocycles. The first-order valence-corrected chi connectivity index (χ1v) is 7.10.